The Balaban J connectivity index is 2.01. The minimum atomic E-state index is 0.347. The summed E-state index contributed by atoms with van der Waals surface area (Å²) in [5, 5.41) is 3.46. The van der Waals surface area contributed by atoms with Gasteiger partial charge < -0.3 is 15.0 Å². The van der Waals surface area contributed by atoms with Gasteiger partial charge in [-0.3, -0.25) is 0 Å². The molecule has 4 atom stereocenters. The van der Waals surface area contributed by atoms with Gasteiger partial charge in [0.1, 0.15) is 5.75 Å². The van der Waals surface area contributed by atoms with E-state index in [2.05, 4.69) is 43.2 Å². The van der Waals surface area contributed by atoms with Crippen LogP contribution in [0.5, 0.6) is 5.75 Å². The third-order valence-corrected chi connectivity index (χ3v) is 4.76. The first-order valence-corrected chi connectivity index (χ1v) is 7.58. The second-order valence-electron chi connectivity index (χ2n) is 6.19. The lowest BCUT2D eigenvalue weighted by molar-refractivity contribution is 0.202. The molecule has 1 aliphatic rings. The molecule has 20 heavy (non-hydrogen) atoms. The third kappa shape index (κ3) is 3.53. The van der Waals surface area contributed by atoms with E-state index in [1.54, 1.807) is 7.11 Å². The van der Waals surface area contributed by atoms with E-state index in [9.17, 15) is 0 Å². The zero-order valence-electron chi connectivity index (χ0n) is 13.4. The molecule has 0 radical (unpaired) electrons. The summed E-state index contributed by atoms with van der Waals surface area (Å²) < 4.78 is 5.23. The lowest BCUT2D eigenvalue weighted by Gasteiger charge is -2.32. The lowest BCUT2D eigenvalue weighted by atomic mass is 9.99. The van der Waals surface area contributed by atoms with Gasteiger partial charge in [-0.1, -0.05) is 19.1 Å². The van der Waals surface area contributed by atoms with Crippen LogP contribution >= 0.6 is 0 Å². The summed E-state index contributed by atoms with van der Waals surface area (Å²) in [6.07, 6.45) is 1.39. The molecule has 1 saturated carbocycles. The lowest BCUT2D eigenvalue weighted by Crippen LogP contribution is -2.40. The summed E-state index contributed by atoms with van der Waals surface area (Å²) in [4.78, 5) is 2.49. The number of hydrogen-bond donors (Lipinski definition) is 1. The van der Waals surface area contributed by atoms with E-state index in [-0.39, 0.29) is 0 Å². The zero-order chi connectivity index (χ0) is 14.7. The van der Waals surface area contributed by atoms with Crippen LogP contribution in [0.1, 0.15) is 31.9 Å². The molecule has 1 N–H and O–H groups in total. The maximum atomic E-state index is 5.23. The van der Waals surface area contributed by atoms with Crippen molar-refractivity contribution in [2.24, 2.45) is 11.8 Å². The fraction of sp³-hybridized carbons (Fsp3) is 0.647. The van der Waals surface area contributed by atoms with Crippen molar-refractivity contribution in [1.82, 2.24) is 10.2 Å². The van der Waals surface area contributed by atoms with E-state index in [0.717, 1.165) is 17.6 Å². The van der Waals surface area contributed by atoms with E-state index in [1.165, 1.54) is 18.5 Å². The number of ether oxygens (including phenoxy) is 1. The second-order valence-corrected chi connectivity index (χ2v) is 6.19. The number of nitrogens with zero attached hydrogens (tertiary/aromatic N) is 1. The van der Waals surface area contributed by atoms with Crippen molar-refractivity contribution in [1.29, 1.82) is 0 Å². The van der Waals surface area contributed by atoms with Crippen LogP contribution in [0.4, 0.5) is 0 Å². The molecule has 0 amide bonds. The van der Waals surface area contributed by atoms with Gasteiger partial charge in [0.05, 0.1) is 7.11 Å². The molecule has 0 spiro atoms. The van der Waals surface area contributed by atoms with Gasteiger partial charge in [-0.2, -0.15) is 0 Å². The van der Waals surface area contributed by atoms with E-state index < -0.39 is 0 Å². The van der Waals surface area contributed by atoms with Crippen molar-refractivity contribution >= 4 is 0 Å². The molecule has 2 rings (SSSR count). The highest BCUT2D eigenvalue weighted by atomic mass is 16.5. The van der Waals surface area contributed by atoms with Crippen LogP contribution in [0.15, 0.2) is 24.3 Å². The summed E-state index contributed by atoms with van der Waals surface area (Å²) in [6, 6.07) is 9.21. The number of likely N-dealkylation sites (N-methyl/N-ethyl adjacent to an activating group) is 2. The van der Waals surface area contributed by atoms with E-state index >= 15 is 0 Å². The van der Waals surface area contributed by atoms with Crippen molar-refractivity contribution in [2.45, 2.75) is 32.4 Å². The fourth-order valence-corrected chi connectivity index (χ4v) is 2.94. The van der Waals surface area contributed by atoms with Gasteiger partial charge in [-0.15, -0.1) is 0 Å². The molecule has 0 heterocycles. The van der Waals surface area contributed by atoms with Gasteiger partial charge in [0.15, 0.2) is 0 Å². The Morgan fingerprint density at radius 2 is 1.95 bits per heavy atom. The largest absolute Gasteiger partial charge is 0.497 e. The first kappa shape index (κ1) is 15.3. The first-order chi connectivity index (χ1) is 9.56. The van der Waals surface area contributed by atoms with Crippen molar-refractivity contribution in [2.75, 3.05) is 27.7 Å². The average Bonchev–Trinajstić information content (AvgIpc) is 3.15. The monoisotopic (exact) mass is 276 g/mol. The second kappa shape index (κ2) is 6.59. The summed E-state index contributed by atoms with van der Waals surface area (Å²) >= 11 is 0. The van der Waals surface area contributed by atoms with Crippen LogP contribution in [-0.4, -0.2) is 38.7 Å². The van der Waals surface area contributed by atoms with Gasteiger partial charge in [-0.25, -0.2) is 0 Å². The molecule has 1 aliphatic carbocycles. The molecule has 0 aliphatic heterocycles. The number of benzene rings is 1. The quantitative estimate of drug-likeness (QED) is 0.828. The van der Waals surface area contributed by atoms with Crippen LogP contribution in [0.25, 0.3) is 0 Å². The predicted octanol–water partition coefficient (Wildman–Crippen LogP) is 2.93. The topological polar surface area (TPSA) is 24.5 Å². The minimum Gasteiger partial charge on any atom is -0.497 e. The van der Waals surface area contributed by atoms with Crippen molar-refractivity contribution in [3.8, 4) is 5.75 Å². The Morgan fingerprint density at radius 1 is 1.35 bits per heavy atom. The molecule has 1 fully saturated rings. The smallest absolute Gasteiger partial charge is 0.118 e. The van der Waals surface area contributed by atoms with Crippen LogP contribution < -0.4 is 10.1 Å². The number of rotatable bonds is 7. The average molecular weight is 276 g/mol. The highest BCUT2D eigenvalue weighted by Gasteiger charge is 2.35. The van der Waals surface area contributed by atoms with Crippen LogP contribution in [0, 0.1) is 11.8 Å². The van der Waals surface area contributed by atoms with Gasteiger partial charge in [-0.05, 0) is 57.0 Å². The Kier molecular flexibility index (Phi) is 5.06. The molecular weight excluding hydrogens is 248 g/mol. The molecular formula is C17H28N2O. The van der Waals surface area contributed by atoms with E-state index in [1.807, 2.05) is 19.2 Å². The SMILES string of the molecule is CNC(c1ccc(OC)cc1)C(C)N(C)CC1CC1C. The maximum absolute atomic E-state index is 5.23. The standard InChI is InChI=1S/C17H28N2O/c1-12-10-15(12)11-19(4)13(2)17(18-3)14-6-8-16(20-5)9-7-14/h6-9,12-13,15,17-18H,10-11H2,1-5H3. The summed E-state index contributed by atoms with van der Waals surface area (Å²) in [5.41, 5.74) is 1.32. The molecule has 1 aromatic carbocycles. The minimum absolute atomic E-state index is 0.347. The fourth-order valence-electron chi connectivity index (χ4n) is 2.94. The molecule has 1 aromatic rings. The highest BCUT2D eigenvalue weighted by molar-refractivity contribution is 5.29. The summed E-state index contributed by atoms with van der Waals surface area (Å²) in [7, 11) is 5.99. The van der Waals surface area contributed by atoms with Crippen molar-refractivity contribution in [3.63, 3.8) is 0 Å². The number of methoxy groups -OCH3 is 1. The highest BCUT2D eigenvalue weighted by Crippen LogP contribution is 2.38. The van der Waals surface area contributed by atoms with Crippen LogP contribution in [-0.2, 0) is 0 Å². The van der Waals surface area contributed by atoms with E-state index in [4.69, 9.17) is 4.74 Å². The summed E-state index contributed by atoms with van der Waals surface area (Å²) in [5.74, 6) is 2.73. The Morgan fingerprint density at radius 3 is 2.40 bits per heavy atom. The molecule has 112 valence electrons. The normalized spacial score (nSPS) is 24.5. The molecule has 3 nitrogen and oxygen atoms in total. The van der Waals surface area contributed by atoms with Gasteiger partial charge >= 0.3 is 0 Å². The molecule has 4 unspecified atom stereocenters. The third-order valence-electron chi connectivity index (χ3n) is 4.76. The van der Waals surface area contributed by atoms with Gasteiger partial charge in [0.2, 0.25) is 0 Å². The maximum Gasteiger partial charge on any atom is 0.118 e. The predicted molar refractivity (Wildman–Crippen MR) is 84.2 cm³/mol. The molecule has 3 heteroatoms. The zero-order valence-corrected chi connectivity index (χ0v) is 13.4. The summed E-state index contributed by atoms with van der Waals surface area (Å²) in [6.45, 7) is 5.86. The Hall–Kier alpha value is -1.06. The Bertz CT molecular complexity index is 418. The first-order valence-electron chi connectivity index (χ1n) is 7.58. The molecule has 0 aromatic heterocycles. The number of nitrogens with one attached hydrogen (secondary N) is 1. The van der Waals surface area contributed by atoms with Gasteiger partial charge in [0, 0.05) is 18.6 Å². The van der Waals surface area contributed by atoms with E-state index in [0.29, 0.717) is 12.1 Å². The van der Waals surface area contributed by atoms with Crippen molar-refractivity contribution < 1.29 is 4.74 Å². The number of hydrogen-bond acceptors (Lipinski definition) is 3. The van der Waals surface area contributed by atoms with Crippen LogP contribution in [0.3, 0.4) is 0 Å². The van der Waals surface area contributed by atoms with Crippen molar-refractivity contribution in [3.05, 3.63) is 29.8 Å². The molecule has 0 bridgehead atoms. The van der Waals surface area contributed by atoms with Crippen LogP contribution in [0.2, 0.25) is 0 Å². The Labute approximate surface area is 123 Å². The molecule has 0 saturated heterocycles. The van der Waals surface area contributed by atoms with Gasteiger partial charge in [0.25, 0.3) is 0 Å².